The number of methoxy groups -OCH3 is 2. The molecule has 0 fully saturated rings. The smallest absolute Gasteiger partial charge is 0.247 e. The van der Waals surface area contributed by atoms with Gasteiger partial charge in [-0.15, -0.1) is 5.10 Å². The molecule has 0 radical (unpaired) electrons. The molecule has 0 bridgehead atoms. The maximum atomic E-state index is 10.1. The van der Waals surface area contributed by atoms with Crippen molar-refractivity contribution in [2.45, 2.75) is 0 Å². The highest BCUT2D eigenvalue weighted by Gasteiger charge is 2.14. The Bertz CT molecular complexity index is 1090. The van der Waals surface area contributed by atoms with E-state index in [1.165, 1.54) is 0 Å². The monoisotopic (exact) mass is 363 g/mol. The zero-order valence-electron chi connectivity index (χ0n) is 14.7. The molecule has 8 nitrogen and oxygen atoms in total. The van der Waals surface area contributed by atoms with Crippen LogP contribution in [0.15, 0.2) is 54.9 Å². The lowest BCUT2D eigenvalue weighted by atomic mass is 10.1. The van der Waals surface area contributed by atoms with Crippen LogP contribution in [0.2, 0.25) is 0 Å². The topological polar surface area (TPSA) is 93.8 Å². The summed E-state index contributed by atoms with van der Waals surface area (Å²) in [5.41, 5.74) is 2.38. The van der Waals surface area contributed by atoms with Gasteiger partial charge < -0.3 is 19.9 Å². The van der Waals surface area contributed by atoms with Crippen LogP contribution in [0.4, 0.5) is 11.6 Å². The van der Waals surface area contributed by atoms with Crippen LogP contribution in [0.25, 0.3) is 16.9 Å². The lowest BCUT2D eigenvalue weighted by Gasteiger charge is -2.08. The van der Waals surface area contributed by atoms with Gasteiger partial charge in [0, 0.05) is 41.8 Å². The fraction of sp³-hybridized carbons (Fsp3) is 0.105. The summed E-state index contributed by atoms with van der Waals surface area (Å²) in [7, 11) is 3.18. The molecule has 2 aromatic carbocycles. The molecule has 27 heavy (non-hydrogen) atoms. The Kier molecular flexibility index (Phi) is 4.21. The first-order chi connectivity index (χ1) is 13.2. The number of benzene rings is 2. The van der Waals surface area contributed by atoms with Crippen LogP contribution in [0, 0.1) is 0 Å². The second-order valence-corrected chi connectivity index (χ2v) is 5.72. The third-order valence-corrected chi connectivity index (χ3v) is 4.02. The van der Waals surface area contributed by atoms with E-state index in [-0.39, 0.29) is 5.75 Å². The molecule has 4 rings (SSSR count). The number of ether oxygens (including phenoxy) is 2. The van der Waals surface area contributed by atoms with Gasteiger partial charge in [0.15, 0.2) is 5.65 Å². The first-order valence-electron chi connectivity index (χ1n) is 8.18. The Morgan fingerprint density at radius 3 is 2.48 bits per heavy atom. The molecule has 8 heteroatoms. The van der Waals surface area contributed by atoms with E-state index in [0.717, 1.165) is 5.69 Å². The highest BCUT2D eigenvalue weighted by atomic mass is 16.5. The molecule has 0 aliphatic rings. The van der Waals surface area contributed by atoms with E-state index in [4.69, 9.17) is 9.47 Å². The molecular weight excluding hydrogens is 346 g/mol. The number of para-hydroxylation sites is 1. The zero-order chi connectivity index (χ0) is 18.8. The lowest BCUT2D eigenvalue weighted by molar-refractivity contribution is 0.395. The minimum Gasteiger partial charge on any atom is -0.507 e. The maximum absolute atomic E-state index is 10.1. The Hall–Kier alpha value is -3.81. The second kappa shape index (κ2) is 6.83. The Morgan fingerprint density at radius 1 is 1.04 bits per heavy atom. The predicted molar refractivity (Wildman–Crippen MR) is 101 cm³/mol. The molecule has 136 valence electrons. The van der Waals surface area contributed by atoms with E-state index in [0.29, 0.717) is 34.4 Å². The molecule has 2 heterocycles. The summed E-state index contributed by atoms with van der Waals surface area (Å²) >= 11 is 0. The van der Waals surface area contributed by atoms with E-state index in [9.17, 15) is 5.11 Å². The number of phenols is 1. The molecule has 0 unspecified atom stereocenters. The molecule has 0 atom stereocenters. The zero-order valence-corrected chi connectivity index (χ0v) is 14.7. The van der Waals surface area contributed by atoms with Crippen LogP contribution in [0.1, 0.15) is 0 Å². The minimum absolute atomic E-state index is 0.133. The summed E-state index contributed by atoms with van der Waals surface area (Å²) in [5, 5.41) is 17.7. The van der Waals surface area contributed by atoms with Gasteiger partial charge in [-0.25, -0.2) is 4.52 Å². The van der Waals surface area contributed by atoms with Crippen molar-refractivity contribution in [2.75, 3.05) is 19.5 Å². The summed E-state index contributed by atoms with van der Waals surface area (Å²) in [4.78, 5) is 8.88. The van der Waals surface area contributed by atoms with Gasteiger partial charge in [0.25, 0.3) is 0 Å². The van der Waals surface area contributed by atoms with Crippen molar-refractivity contribution >= 4 is 17.3 Å². The van der Waals surface area contributed by atoms with Crippen molar-refractivity contribution in [3.05, 3.63) is 54.9 Å². The Morgan fingerprint density at radius 2 is 1.78 bits per heavy atom. The largest absolute Gasteiger partial charge is 0.507 e. The number of hydrogen-bond acceptors (Lipinski definition) is 7. The average molecular weight is 363 g/mol. The van der Waals surface area contributed by atoms with Crippen molar-refractivity contribution in [2.24, 2.45) is 0 Å². The van der Waals surface area contributed by atoms with Crippen molar-refractivity contribution in [3.8, 4) is 28.5 Å². The quantitative estimate of drug-likeness (QED) is 0.562. The molecule has 0 saturated heterocycles. The van der Waals surface area contributed by atoms with Crippen molar-refractivity contribution in [1.29, 1.82) is 0 Å². The minimum atomic E-state index is 0.133. The number of aromatic nitrogens is 4. The summed E-state index contributed by atoms with van der Waals surface area (Å²) in [5.74, 6) is 1.82. The van der Waals surface area contributed by atoms with E-state index in [2.05, 4.69) is 20.4 Å². The molecule has 2 aromatic heterocycles. The summed E-state index contributed by atoms with van der Waals surface area (Å²) in [6.07, 6.45) is 3.31. The molecule has 4 aromatic rings. The van der Waals surface area contributed by atoms with Crippen LogP contribution in [0.5, 0.6) is 17.2 Å². The molecule has 0 aliphatic carbocycles. The Labute approximate surface area is 155 Å². The van der Waals surface area contributed by atoms with E-state index in [1.54, 1.807) is 55.4 Å². The molecule has 0 spiro atoms. The molecule has 0 saturated carbocycles. The van der Waals surface area contributed by atoms with Gasteiger partial charge in [0.05, 0.1) is 14.2 Å². The first kappa shape index (κ1) is 16.6. The number of anilines is 2. The van der Waals surface area contributed by atoms with Gasteiger partial charge in [-0.05, 0) is 12.1 Å². The SMILES string of the molecule is COc1cc(Nc2nc3c(-c4ccccc4O)nccn3n2)cc(OC)c1. The third kappa shape index (κ3) is 3.20. The first-order valence-corrected chi connectivity index (χ1v) is 8.18. The number of fused-ring (bicyclic) bond motifs is 1. The molecule has 2 N–H and O–H groups in total. The predicted octanol–water partition coefficient (Wildman–Crippen LogP) is 3.26. The van der Waals surface area contributed by atoms with Crippen molar-refractivity contribution < 1.29 is 14.6 Å². The van der Waals surface area contributed by atoms with Crippen LogP contribution in [-0.2, 0) is 0 Å². The molecule has 0 amide bonds. The number of nitrogens with one attached hydrogen (secondary N) is 1. The highest BCUT2D eigenvalue weighted by Crippen LogP contribution is 2.31. The fourth-order valence-corrected chi connectivity index (χ4v) is 2.74. The normalized spacial score (nSPS) is 10.7. The van der Waals surface area contributed by atoms with Gasteiger partial charge >= 0.3 is 0 Å². The van der Waals surface area contributed by atoms with Gasteiger partial charge in [0.2, 0.25) is 5.95 Å². The number of phenolic OH excluding ortho intramolecular Hbond substituents is 1. The number of hydrogen-bond donors (Lipinski definition) is 2. The summed E-state index contributed by atoms with van der Waals surface area (Å²) in [6.45, 7) is 0. The van der Waals surface area contributed by atoms with E-state index < -0.39 is 0 Å². The third-order valence-electron chi connectivity index (χ3n) is 4.02. The number of aromatic hydroxyl groups is 1. The molecular formula is C19H17N5O3. The maximum Gasteiger partial charge on any atom is 0.247 e. The van der Waals surface area contributed by atoms with Crippen LogP contribution in [0.3, 0.4) is 0 Å². The number of rotatable bonds is 5. The van der Waals surface area contributed by atoms with Crippen molar-refractivity contribution in [3.63, 3.8) is 0 Å². The highest BCUT2D eigenvalue weighted by molar-refractivity contribution is 5.78. The second-order valence-electron chi connectivity index (χ2n) is 5.72. The van der Waals surface area contributed by atoms with Crippen LogP contribution >= 0.6 is 0 Å². The molecule has 0 aliphatic heterocycles. The van der Waals surface area contributed by atoms with E-state index in [1.807, 2.05) is 18.2 Å². The standard InChI is InChI=1S/C19H17N5O3/c1-26-13-9-12(10-14(11-13)27-2)21-19-22-18-17(20-7-8-24(18)23-19)15-5-3-4-6-16(15)25/h3-11,25H,1-2H3,(H,21,23). The van der Waals surface area contributed by atoms with Crippen molar-refractivity contribution in [1.82, 2.24) is 19.6 Å². The van der Waals surface area contributed by atoms with Crippen LogP contribution in [-0.4, -0.2) is 38.9 Å². The van der Waals surface area contributed by atoms with Crippen LogP contribution < -0.4 is 14.8 Å². The summed E-state index contributed by atoms with van der Waals surface area (Å²) in [6, 6.07) is 12.4. The fourth-order valence-electron chi connectivity index (χ4n) is 2.74. The number of nitrogens with zero attached hydrogens (tertiary/aromatic N) is 4. The average Bonchev–Trinajstić information content (AvgIpc) is 3.10. The van der Waals surface area contributed by atoms with Gasteiger partial charge in [-0.1, -0.05) is 12.1 Å². The van der Waals surface area contributed by atoms with Gasteiger partial charge in [0.1, 0.15) is 22.9 Å². The summed E-state index contributed by atoms with van der Waals surface area (Å²) < 4.78 is 12.2. The van der Waals surface area contributed by atoms with Gasteiger partial charge in [-0.2, -0.15) is 4.98 Å². The lowest BCUT2D eigenvalue weighted by Crippen LogP contribution is -1.95. The Balaban J connectivity index is 1.75. The van der Waals surface area contributed by atoms with E-state index >= 15 is 0 Å². The van der Waals surface area contributed by atoms with Gasteiger partial charge in [-0.3, -0.25) is 4.98 Å².